The van der Waals surface area contributed by atoms with Gasteiger partial charge < -0.3 is 0 Å². The van der Waals surface area contributed by atoms with Crippen LogP contribution in [0.2, 0.25) is 5.15 Å². The van der Waals surface area contributed by atoms with E-state index in [1.54, 1.807) is 16.8 Å². The molecule has 0 bridgehead atoms. The van der Waals surface area contributed by atoms with E-state index in [0.717, 1.165) is 5.56 Å². The monoisotopic (exact) mass is 284 g/mol. The van der Waals surface area contributed by atoms with Crippen LogP contribution in [0, 0.1) is 0 Å². The molecule has 1 N–H and O–H groups in total. The maximum absolute atomic E-state index is 11.5. The van der Waals surface area contributed by atoms with Crippen molar-refractivity contribution in [1.29, 1.82) is 0 Å². The van der Waals surface area contributed by atoms with Gasteiger partial charge in [0.1, 0.15) is 5.15 Å². The number of hydrogen-bond acceptors (Lipinski definition) is 4. The molecule has 2 aromatic rings. The number of hydrogen-bond donors (Lipinski definition) is 1. The second-order valence-electron chi connectivity index (χ2n) is 4.05. The first-order chi connectivity index (χ1) is 8.58. The Bertz CT molecular complexity index is 593. The lowest BCUT2D eigenvalue weighted by atomic mass is 10.3. The van der Waals surface area contributed by atoms with Crippen molar-refractivity contribution >= 4 is 23.4 Å². The zero-order chi connectivity index (χ0) is 13.1. The van der Waals surface area contributed by atoms with Gasteiger partial charge in [0, 0.05) is 18.0 Å². The summed E-state index contributed by atoms with van der Waals surface area (Å²) in [6, 6.07) is 3.78. The third-order valence-corrected chi connectivity index (χ3v) is 3.58. The molecule has 0 aliphatic heterocycles. The van der Waals surface area contributed by atoms with E-state index in [1.165, 1.54) is 11.8 Å². The van der Waals surface area contributed by atoms with Crippen LogP contribution < -0.4 is 5.69 Å². The summed E-state index contributed by atoms with van der Waals surface area (Å²) in [5.41, 5.74) is 0.867. The van der Waals surface area contributed by atoms with E-state index in [9.17, 15) is 4.79 Å². The van der Waals surface area contributed by atoms with Crippen molar-refractivity contribution in [2.75, 3.05) is 0 Å². The average molecular weight is 285 g/mol. The van der Waals surface area contributed by atoms with Crippen LogP contribution in [-0.2, 0) is 5.75 Å². The molecule has 2 rings (SSSR count). The molecular formula is C11H13ClN4OS. The second kappa shape index (κ2) is 5.58. The molecule has 0 unspecified atom stereocenters. The predicted molar refractivity (Wildman–Crippen MR) is 72.0 cm³/mol. The van der Waals surface area contributed by atoms with Gasteiger partial charge in [0.15, 0.2) is 5.16 Å². The minimum Gasteiger partial charge on any atom is -0.268 e. The molecule has 0 saturated carbocycles. The van der Waals surface area contributed by atoms with Crippen molar-refractivity contribution in [3.63, 3.8) is 0 Å². The maximum atomic E-state index is 11.5. The Labute approximate surface area is 114 Å². The average Bonchev–Trinajstić information content (AvgIpc) is 2.68. The summed E-state index contributed by atoms with van der Waals surface area (Å²) in [6.07, 6.45) is 1.66. The highest BCUT2D eigenvalue weighted by Crippen LogP contribution is 2.22. The number of nitrogens with zero attached hydrogens (tertiary/aromatic N) is 3. The molecule has 0 saturated heterocycles. The van der Waals surface area contributed by atoms with Gasteiger partial charge in [-0.1, -0.05) is 23.4 Å². The van der Waals surface area contributed by atoms with Crippen molar-refractivity contribution in [2.24, 2.45) is 0 Å². The highest BCUT2D eigenvalue weighted by atomic mass is 35.5. The summed E-state index contributed by atoms with van der Waals surface area (Å²) in [6.45, 7) is 3.90. The van der Waals surface area contributed by atoms with Crippen LogP contribution in [-0.4, -0.2) is 19.7 Å². The summed E-state index contributed by atoms with van der Waals surface area (Å²) >= 11 is 7.31. The number of thioether (sulfide) groups is 1. The van der Waals surface area contributed by atoms with E-state index in [0.29, 0.717) is 16.1 Å². The standard InChI is InChI=1S/C11H13ClN4OS/c1-7(2)16-10(17)14-15-11(16)18-6-8-3-4-13-9(12)5-8/h3-5,7H,6H2,1-2H3,(H,14,17). The van der Waals surface area contributed by atoms with E-state index in [1.807, 2.05) is 19.9 Å². The van der Waals surface area contributed by atoms with Gasteiger partial charge in [-0.2, -0.15) is 0 Å². The van der Waals surface area contributed by atoms with Crippen molar-refractivity contribution < 1.29 is 0 Å². The van der Waals surface area contributed by atoms with Gasteiger partial charge >= 0.3 is 5.69 Å². The number of aromatic nitrogens is 4. The van der Waals surface area contributed by atoms with Gasteiger partial charge in [-0.3, -0.25) is 4.57 Å². The Morgan fingerprint density at radius 3 is 3.00 bits per heavy atom. The smallest absolute Gasteiger partial charge is 0.268 e. The number of pyridine rings is 1. The van der Waals surface area contributed by atoms with E-state index < -0.39 is 0 Å². The second-order valence-corrected chi connectivity index (χ2v) is 5.38. The molecule has 0 aliphatic carbocycles. The minimum atomic E-state index is -0.180. The molecule has 0 aliphatic rings. The fraction of sp³-hybridized carbons (Fsp3) is 0.364. The lowest BCUT2D eigenvalue weighted by Crippen LogP contribution is -2.19. The van der Waals surface area contributed by atoms with Gasteiger partial charge in [-0.25, -0.2) is 14.9 Å². The molecule has 5 nitrogen and oxygen atoms in total. The molecule has 0 amide bonds. The fourth-order valence-corrected chi connectivity index (χ4v) is 2.74. The molecule has 18 heavy (non-hydrogen) atoms. The quantitative estimate of drug-likeness (QED) is 0.692. The van der Waals surface area contributed by atoms with E-state index >= 15 is 0 Å². The molecule has 2 heterocycles. The van der Waals surface area contributed by atoms with Crippen molar-refractivity contribution in [3.05, 3.63) is 39.5 Å². The lowest BCUT2D eigenvalue weighted by Gasteiger charge is -2.08. The largest absolute Gasteiger partial charge is 0.344 e. The van der Waals surface area contributed by atoms with Crippen LogP contribution in [0.1, 0.15) is 25.5 Å². The van der Waals surface area contributed by atoms with Gasteiger partial charge in [-0.05, 0) is 31.5 Å². The third-order valence-electron chi connectivity index (χ3n) is 2.35. The lowest BCUT2D eigenvalue weighted by molar-refractivity contribution is 0.534. The number of aromatic amines is 1. The van der Waals surface area contributed by atoms with Crippen molar-refractivity contribution in [2.45, 2.75) is 30.8 Å². The fourth-order valence-electron chi connectivity index (χ4n) is 1.53. The maximum Gasteiger partial charge on any atom is 0.344 e. The van der Waals surface area contributed by atoms with Crippen molar-refractivity contribution in [3.8, 4) is 0 Å². The summed E-state index contributed by atoms with van der Waals surface area (Å²) < 4.78 is 1.63. The Hall–Kier alpha value is -1.27. The molecule has 0 spiro atoms. The zero-order valence-corrected chi connectivity index (χ0v) is 11.6. The molecule has 0 atom stereocenters. The normalized spacial score (nSPS) is 11.1. The zero-order valence-electron chi connectivity index (χ0n) is 10.1. The van der Waals surface area contributed by atoms with Gasteiger partial charge in [0.25, 0.3) is 0 Å². The topological polar surface area (TPSA) is 63.6 Å². The predicted octanol–water partition coefficient (Wildman–Crippen LogP) is 2.49. The van der Waals surface area contributed by atoms with Crippen LogP contribution in [0.3, 0.4) is 0 Å². The Morgan fingerprint density at radius 2 is 2.33 bits per heavy atom. The Morgan fingerprint density at radius 1 is 1.56 bits per heavy atom. The molecule has 96 valence electrons. The molecule has 2 aromatic heterocycles. The summed E-state index contributed by atoms with van der Waals surface area (Å²) in [5, 5.41) is 7.63. The first kappa shape index (κ1) is 13.2. The molecule has 0 fully saturated rings. The Kier molecular flexibility index (Phi) is 4.08. The molecule has 7 heteroatoms. The Balaban J connectivity index is 2.14. The minimum absolute atomic E-state index is 0.0831. The summed E-state index contributed by atoms with van der Waals surface area (Å²) in [7, 11) is 0. The first-order valence-corrected chi connectivity index (χ1v) is 6.84. The van der Waals surface area contributed by atoms with Crippen molar-refractivity contribution in [1.82, 2.24) is 19.7 Å². The third kappa shape index (κ3) is 2.94. The highest BCUT2D eigenvalue weighted by molar-refractivity contribution is 7.98. The highest BCUT2D eigenvalue weighted by Gasteiger charge is 2.11. The summed E-state index contributed by atoms with van der Waals surface area (Å²) in [4.78, 5) is 15.5. The van der Waals surface area contributed by atoms with Crippen LogP contribution in [0.25, 0.3) is 0 Å². The number of H-pyrrole nitrogens is 1. The first-order valence-electron chi connectivity index (χ1n) is 5.48. The van der Waals surface area contributed by atoms with Crippen LogP contribution in [0.5, 0.6) is 0 Å². The molecule has 0 radical (unpaired) electrons. The summed E-state index contributed by atoms with van der Waals surface area (Å²) in [5.74, 6) is 0.694. The number of nitrogens with one attached hydrogen (secondary N) is 1. The molecule has 0 aromatic carbocycles. The number of rotatable bonds is 4. The van der Waals surface area contributed by atoms with E-state index in [2.05, 4.69) is 15.2 Å². The van der Waals surface area contributed by atoms with Gasteiger partial charge in [0.2, 0.25) is 0 Å². The van der Waals surface area contributed by atoms with Gasteiger partial charge in [0.05, 0.1) is 0 Å². The van der Waals surface area contributed by atoms with E-state index in [4.69, 9.17) is 11.6 Å². The van der Waals surface area contributed by atoms with Crippen LogP contribution >= 0.6 is 23.4 Å². The molecular weight excluding hydrogens is 272 g/mol. The SMILES string of the molecule is CC(C)n1c(SCc2ccnc(Cl)c2)n[nH]c1=O. The number of halogens is 1. The van der Waals surface area contributed by atoms with Gasteiger partial charge in [-0.15, -0.1) is 5.10 Å². The van der Waals surface area contributed by atoms with Crippen LogP contribution in [0.4, 0.5) is 0 Å². The van der Waals surface area contributed by atoms with E-state index in [-0.39, 0.29) is 11.7 Å². The van der Waals surface area contributed by atoms with Crippen LogP contribution in [0.15, 0.2) is 28.3 Å².